The molecule has 1 rings (SSSR count). The highest BCUT2D eigenvalue weighted by molar-refractivity contribution is 5.76. The number of carbonyl (C=O) groups is 1. The summed E-state index contributed by atoms with van der Waals surface area (Å²) >= 11 is 0. The molecule has 0 saturated carbocycles. The summed E-state index contributed by atoms with van der Waals surface area (Å²) in [5.74, 6) is -0.178. The van der Waals surface area contributed by atoms with Crippen molar-refractivity contribution in [1.29, 1.82) is 0 Å². The van der Waals surface area contributed by atoms with Crippen LogP contribution in [-0.4, -0.2) is 87.5 Å². The maximum atomic E-state index is 12.9. The van der Waals surface area contributed by atoms with Crippen LogP contribution in [0.1, 0.15) is 258 Å². The van der Waals surface area contributed by atoms with Gasteiger partial charge in [-0.15, -0.1) is 0 Å². The number of aliphatic hydroxyl groups excluding tert-OH is 5. The molecule has 9 nitrogen and oxygen atoms in total. The second-order valence-corrected chi connectivity index (χ2v) is 19.4. The molecule has 0 aromatic rings. The van der Waals surface area contributed by atoms with Gasteiger partial charge in [-0.3, -0.25) is 4.79 Å². The van der Waals surface area contributed by atoms with Crippen molar-refractivity contribution < 1.29 is 39.8 Å². The molecule has 0 aromatic heterocycles. The highest BCUT2D eigenvalue weighted by Crippen LogP contribution is 2.23. The van der Waals surface area contributed by atoms with E-state index >= 15 is 0 Å². The third-order valence-corrected chi connectivity index (χ3v) is 13.2. The number of hydrogen-bond donors (Lipinski definition) is 6. The lowest BCUT2D eigenvalue weighted by atomic mass is 9.99. The van der Waals surface area contributed by atoms with Gasteiger partial charge in [0.25, 0.3) is 0 Å². The summed E-state index contributed by atoms with van der Waals surface area (Å²) in [4.78, 5) is 12.9. The summed E-state index contributed by atoms with van der Waals surface area (Å²) in [6.07, 6.45) is 52.7. The smallest absolute Gasteiger partial charge is 0.220 e. The minimum absolute atomic E-state index is 0.178. The first-order valence-corrected chi connectivity index (χ1v) is 27.7. The maximum Gasteiger partial charge on any atom is 0.220 e. The van der Waals surface area contributed by atoms with E-state index in [1.165, 1.54) is 193 Å². The van der Waals surface area contributed by atoms with Crippen molar-refractivity contribution in [2.45, 2.75) is 301 Å². The maximum absolute atomic E-state index is 12.9. The molecule has 65 heavy (non-hydrogen) atoms. The third kappa shape index (κ3) is 36.1. The lowest BCUT2D eigenvalue weighted by molar-refractivity contribution is -0.302. The summed E-state index contributed by atoms with van der Waals surface area (Å²) in [6.45, 7) is 3.71. The van der Waals surface area contributed by atoms with Crippen LogP contribution >= 0.6 is 0 Å². The van der Waals surface area contributed by atoms with Gasteiger partial charge >= 0.3 is 0 Å². The number of nitrogens with one attached hydrogen (secondary N) is 1. The van der Waals surface area contributed by atoms with Crippen LogP contribution in [0.4, 0.5) is 0 Å². The molecule has 0 spiro atoms. The molecule has 1 heterocycles. The Morgan fingerprint density at radius 1 is 0.523 bits per heavy atom. The van der Waals surface area contributed by atoms with E-state index in [0.717, 1.165) is 44.9 Å². The van der Waals surface area contributed by atoms with Crippen molar-refractivity contribution >= 4 is 5.91 Å². The second-order valence-electron chi connectivity index (χ2n) is 19.4. The van der Waals surface area contributed by atoms with Crippen molar-refractivity contribution in [1.82, 2.24) is 5.32 Å². The van der Waals surface area contributed by atoms with Gasteiger partial charge in [0.1, 0.15) is 24.4 Å². The van der Waals surface area contributed by atoms with E-state index in [9.17, 15) is 30.3 Å². The highest BCUT2D eigenvalue weighted by atomic mass is 16.7. The average molecular weight is 920 g/mol. The molecule has 0 aromatic carbocycles. The topological polar surface area (TPSA) is 149 Å². The Balaban J connectivity index is 2.00. The van der Waals surface area contributed by atoms with Gasteiger partial charge in [0.05, 0.1) is 25.4 Å². The predicted octanol–water partition coefficient (Wildman–Crippen LogP) is 13.2. The molecule has 382 valence electrons. The highest BCUT2D eigenvalue weighted by Gasteiger charge is 2.44. The Bertz CT molecular complexity index is 1110. The fraction of sp³-hybridized carbons (Fsp3) is 0.875. The standard InChI is InChI=1S/C56H105NO8/c1-3-5-7-9-11-12-13-14-15-16-17-18-19-20-21-22-23-24-25-26-27-28-29-30-31-32-33-34-35-36-37-38-40-42-44-46-52(60)57-49(50(59)45-43-41-39-10-8-6-4-2)48-64-56-55(63)54(62)53(61)51(47-58)65-56/h13-14,16-17,43,45,49-51,53-56,58-59,61-63H,3-12,15,18-42,44,46-48H2,1-2H3,(H,57,60)/b14-13-,17-16-,45-43+. The number of unbranched alkanes of at least 4 members (excludes halogenated alkanes) is 33. The summed E-state index contributed by atoms with van der Waals surface area (Å²) in [5, 5.41) is 54.0. The first kappa shape index (κ1) is 61.4. The van der Waals surface area contributed by atoms with Crippen LogP contribution in [0.3, 0.4) is 0 Å². The van der Waals surface area contributed by atoms with Crippen LogP contribution in [0.15, 0.2) is 36.5 Å². The molecular weight excluding hydrogens is 815 g/mol. The first-order valence-electron chi connectivity index (χ1n) is 27.7. The number of hydrogen-bond acceptors (Lipinski definition) is 8. The van der Waals surface area contributed by atoms with Crippen LogP contribution in [0, 0.1) is 0 Å². The Labute approximate surface area is 400 Å². The molecular formula is C56H105NO8. The van der Waals surface area contributed by atoms with E-state index in [0.29, 0.717) is 6.42 Å². The summed E-state index contributed by atoms with van der Waals surface area (Å²) in [7, 11) is 0. The van der Waals surface area contributed by atoms with Gasteiger partial charge in [-0.05, 0) is 51.4 Å². The van der Waals surface area contributed by atoms with Gasteiger partial charge in [0.2, 0.25) is 5.91 Å². The summed E-state index contributed by atoms with van der Waals surface area (Å²) in [5.41, 5.74) is 0. The number of allylic oxidation sites excluding steroid dienone is 5. The molecule has 9 heteroatoms. The lowest BCUT2D eigenvalue weighted by Crippen LogP contribution is -2.60. The largest absolute Gasteiger partial charge is 0.394 e. The zero-order valence-electron chi connectivity index (χ0n) is 42.3. The molecule has 7 unspecified atom stereocenters. The van der Waals surface area contributed by atoms with Gasteiger partial charge in [-0.25, -0.2) is 0 Å². The van der Waals surface area contributed by atoms with Crippen LogP contribution in [0.5, 0.6) is 0 Å². The van der Waals surface area contributed by atoms with Gasteiger partial charge in [-0.2, -0.15) is 0 Å². The Hall–Kier alpha value is -1.59. The Morgan fingerprint density at radius 3 is 1.32 bits per heavy atom. The van der Waals surface area contributed by atoms with Crippen molar-refractivity contribution in [3.05, 3.63) is 36.5 Å². The van der Waals surface area contributed by atoms with Gasteiger partial charge < -0.3 is 40.3 Å². The SMILES string of the molecule is CCCCCCC/C=C\C/C=C\CCCCCCCCCCCCCCCCCCCCCCCCCC(=O)NC(COC1OC(CO)C(O)C(O)C1O)C(O)/C=C/CCCCCCC. The van der Waals surface area contributed by atoms with Gasteiger partial charge in [0.15, 0.2) is 6.29 Å². The van der Waals surface area contributed by atoms with Gasteiger partial charge in [0, 0.05) is 6.42 Å². The molecule has 1 saturated heterocycles. The van der Waals surface area contributed by atoms with E-state index < -0.39 is 49.5 Å². The Morgan fingerprint density at radius 2 is 0.908 bits per heavy atom. The lowest BCUT2D eigenvalue weighted by Gasteiger charge is -2.40. The minimum atomic E-state index is -1.56. The van der Waals surface area contributed by atoms with E-state index in [-0.39, 0.29) is 12.5 Å². The normalized spacial score (nSPS) is 20.1. The molecule has 0 aliphatic carbocycles. The molecule has 1 amide bonds. The monoisotopic (exact) mass is 920 g/mol. The zero-order chi connectivity index (χ0) is 47.3. The van der Waals surface area contributed by atoms with Crippen LogP contribution in [0.25, 0.3) is 0 Å². The molecule has 6 N–H and O–H groups in total. The number of carbonyl (C=O) groups excluding carboxylic acids is 1. The minimum Gasteiger partial charge on any atom is -0.394 e. The van der Waals surface area contributed by atoms with E-state index in [1.807, 2.05) is 6.08 Å². The number of ether oxygens (including phenoxy) is 2. The fourth-order valence-electron chi connectivity index (χ4n) is 8.78. The third-order valence-electron chi connectivity index (χ3n) is 13.2. The van der Waals surface area contributed by atoms with E-state index in [1.54, 1.807) is 6.08 Å². The average Bonchev–Trinajstić information content (AvgIpc) is 3.31. The van der Waals surface area contributed by atoms with Crippen LogP contribution in [0.2, 0.25) is 0 Å². The molecule has 1 fully saturated rings. The van der Waals surface area contributed by atoms with E-state index in [2.05, 4.69) is 43.5 Å². The van der Waals surface area contributed by atoms with Crippen LogP contribution < -0.4 is 5.32 Å². The molecule has 0 radical (unpaired) electrons. The van der Waals surface area contributed by atoms with Crippen molar-refractivity contribution in [3.63, 3.8) is 0 Å². The van der Waals surface area contributed by atoms with Crippen molar-refractivity contribution in [2.24, 2.45) is 0 Å². The molecule has 1 aliphatic heterocycles. The van der Waals surface area contributed by atoms with Gasteiger partial charge in [-0.1, -0.05) is 237 Å². The quantitative estimate of drug-likeness (QED) is 0.0261. The number of aliphatic hydroxyl groups is 5. The number of rotatable bonds is 47. The predicted molar refractivity (Wildman–Crippen MR) is 272 cm³/mol. The molecule has 0 bridgehead atoms. The van der Waals surface area contributed by atoms with Crippen molar-refractivity contribution in [3.8, 4) is 0 Å². The Kier molecular flexibility index (Phi) is 43.6. The first-order chi connectivity index (χ1) is 31.8. The summed E-state index contributed by atoms with van der Waals surface area (Å²) < 4.78 is 11.2. The second kappa shape index (κ2) is 46.2. The molecule has 7 atom stereocenters. The zero-order valence-corrected chi connectivity index (χ0v) is 42.3. The number of amides is 1. The van der Waals surface area contributed by atoms with Crippen molar-refractivity contribution in [2.75, 3.05) is 13.2 Å². The van der Waals surface area contributed by atoms with Crippen LogP contribution in [-0.2, 0) is 14.3 Å². The molecule has 1 aliphatic rings. The summed E-state index contributed by atoms with van der Waals surface area (Å²) in [6, 6.07) is -0.799. The van der Waals surface area contributed by atoms with E-state index in [4.69, 9.17) is 9.47 Å². The fourth-order valence-corrected chi connectivity index (χ4v) is 8.78.